The number of benzene rings is 2. The zero-order valence-electron chi connectivity index (χ0n) is 15.1. The van der Waals surface area contributed by atoms with Gasteiger partial charge in [0.1, 0.15) is 0 Å². The predicted molar refractivity (Wildman–Crippen MR) is 106 cm³/mol. The van der Waals surface area contributed by atoms with E-state index in [1.165, 1.54) is 11.8 Å². The van der Waals surface area contributed by atoms with Crippen molar-refractivity contribution in [2.45, 2.75) is 19.0 Å². The molecule has 0 unspecified atom stereocenters. The minimum absolute atomic E-state index is 0.0478. The zero-order chi connectivity index (χ0) is 19.2. The highest BCUT2D eigenvalue weighted by Crippen LogP contribution is 2.19. The standard InChI is InChI=1S/C20H19N3O3S/c1-13-9-14(2)22-20(21-13)27-12-19(25)26-11-18(24)23-17-8-7-15-5-3-4-6-16(15)10-17/h3-10H,11-12H2,1-2H3,(H,23,24). The number of esters is 1. The van der Waals surface area contributed by atoms with Crippen molar-refractivity contribution in [3.05, 3.63) is 59.9 Å². The third kappa shape index (κ3) is 5.52. The molecule has 138 valence electrons. The molecule has 2 aromatic carbocycles. The van der Waals surface area contributed by atoms with Crippen molar-refractivity contribution in [1.29, 1.82) is 0 Å². The fraction of sp³-hybridized carbons (Fsp3) is 0.200. The second-order valence-corrected chi connectivity index (χ2v) is 6.94. The Bertz CT molecular complexity index is 971. The van der Waals surface area contributed by atoms with Crippen LogP contribution in [0.5, 0.6) is 0 Å². The monoisotopic (exact) mass is 381 g/mol. The summed E-state index contributed by atoms with van der Waals surface area (Å²) in [5.74, 6) is -0.825. The molecule has 0 fully saturated rings. The summed E-state index contributed by atoms with van der Waals surface area (Å²) in [6.07, 6.45) is 0. The van der Waals surface area contributed by atoms with E-state index in [4.69, 9.17) is 4.74 Å². The zero-order valence-corrected chi connectivity index (χ0v) is 15.9. The van der Waals surface area contributed by atoms with Gasteiger partial charge >= 0.3 is 5.97 Å². The summed E-state index contributed by atoms with van der Waals surface area (Å²) in [6, 6.07) is 15.3. The van der Waals surface area contributed by atoms with Gasteiger partial charge in [-0.3, -0.25) is 9.59 Å². The van der Waals surface area contributed by atoms with Crippen LogP contribution >= 0.6 is 11.8 Å². The molecule has 0 aliphatic carbocycles. The maximum atomic E-state index is 12.0. The van der Waals surface area contributed by atoms with Gasteiger partial charge in [0.05, 0.1) is 5.75 Å². The van der Waals surface area contributed by atoms with Gasteiger partial charge in [0.25, 0.3) is 5.91 Å². The average molecular weight is 381 g/mol. The molecule has 7 heteroatoms. The lowest BCUT2D eigenvalue weighted by atomic mass is 10.1. The molecule has 1 N–H and O–H groups in total. The first kappa shape index (κ1) is 18.8. The van der Waals surface area contributed by atoms with Crippen molar-refractivity contribution >= 4 is 40.1 Å². The number of carbonyl (C=O) groups excluding carboxylic acids is 2. The molecule has 0 aliphatic rings. The third-order valence-electron chi connectivity index (χ3n) is 3.68. The van der Waals surface area contributed by atoms with Crippen LogP contribution in [-0.2, 0) is 14.3 Å². The normalized spacial score (nSPS) is 10.6. The maximum Gasteiger partial charge on any atom is 0.316 e. The molecular weight excluding hydrogens is 362 g/mol. The lowest BCUT2D eigenvalue weighted by Crippen LogP contribution is -2.21. The third-order valence-corrected chi connectivity index (χ3v) is 4.50. The lowest BCUT2D eigenvalue weighted by Gasteiger charge is -2.08. The number of aromatic nitrogens is 2. The number of carbonyl (C=O) groups is 2. The summed E-state index contributed by atoms with van der Waals surface area (Å²) in [4.78, 5) is 32.3. The van der Waals surface area contributed by atoms with Crippen molar-refractivity contribution in [1.82, 2.24) is 9.97 Å². The first-order valence-corrected chi connectivity index (χ1v) is 9.37. The number of nitrogens with zero attached hydrogens (tertiary/aromatic N) is 2. The summed E-state index contributed by atoms with van der Waals surface area (Å²) in [5.41, 5.74) is 2.34. The summed E-state index contributed by atoms with van der Waals surface area (Å²) in [6.45, 7) is 3.41. The van der Waals surface area contributed by atoms with Gasteiger partial charge in [-0.1, -0.05) is 42.1 Å². The maximum absolute atomic E-state index is 12.0. The predicted octanol–water partition coefficient (Wildman–Crippen LogP) is 3.52. The van der Waals surface area contributed by atoms with Gasteiger partial charge in [-0.25, -0.2) is 9.97 Å². The molecule has 1 aromatic heterocycles. The van der Waals surface area contributed by atoms with E-state index in [0.717, 1.165) is 22.2 Å². The molecule has 3 rings (SSSR count). The van der Waals surface area contributed by atoms with Crippen molar-refractivity contribution < 1.29 is 14.3 Å². The molecule has 0 radical (unpaired) electrons. The highest BCUT2D eigenvalue weighted by Gasteiger charge is 2.10. The number of rotatable bonds is 6. The molecule has 0 atom stereocenters. The summed E-state index contributed by atoms with van der Waals surface area (Å²) >= 11 is 1.19. The molecule has 27 heavy (non-hydrogen) atoms. The van der Waals surface area contributed by atoms with Crippen molar-refractivity contribution in [2.24, 2.45) is 0 Å². The van der Waals surface area contributed by atoms with E-state index in [1.807, 2.05) is 62.4 Å². The van der Waals surface area contributed by atoms with Gasteiger partial charge in [0.15, 0.2) is 11.8 Å². The van der Waals surface area contributed by atoms with E-state index in [-0.39, 0.29) is 18.3 Å². The Hall–Kier alpha value is -2.93. The molecule has 3 aromatic rings. The van der Waals surface area contributed by atoms with Gasteiger partial charge < -0.3 is 10.1 Å². The number of hydrogen-bond donors (Lipinski definition) is 1. The topological polar surface area (TPSA) is 81.2 Å². The number of thioether (sulfide) groups is 1. The number of aryl methyl sites for hydroxylation is 2. The second kappa shape index (κ2) is 8.64. The number of amides is 1. The minimum Gasteiger partial charge on any atom is -0.455 e. The highest BCUT2D eigenvalue weighted by molar-refractivity contribution is 7.99. The number of ether oxygens (including phenoxy) is 1. The van der Waals surface area contributed by atoms with Gasteiger partial charge in [0.2, 0.25) is 0 Å². The molecule has 0 saturated carbocycles. The van der Waals surface area contributed by atoms with Crippen LogP contribution in [0.4, 0.5) is 5.69 Å². The summed E-state index contributed by atoms with van der Waals surface area (Å²) in [5, 5.41) is 5.36. The lowest BCUT2D eigenvalue weighted by molar-refractivity contribution is -0.144. The Kier molecular flexibility index (Phi) is 6.03. The quantitative estimate of drug-likeness (QED) is 0.400. The van der Waals surface area contributed by atoms with Gasteiger partial charge in [-0.15, -0.1) is 0 Å². The van der Waals surface area contributed by atoms with E-state index < -0.39 is 5.97 Å². The van der Waals surface area contributed by atoms with E-state index in [2.05, 4.69) is 15.3 Å². The van der Waals surface area contributed by atoms with Crippen molar-refractivity contribution in [3.63, 3.8) is 0 Å². The second-order valence-electron chi connectivity index (χ2n) is 5.99. The molecule has 0 aliphatic heterocycles. The van der Waals surface area contributed by atoms with E-state index in [1.54, 1.807) is 0 Å². The summed E-state index contributed by atoms with van der Waals surface area (Å²) < 4.78 is 5.02. The van der Waals surface area contributed by atoms with E-state index in [9.17, 15) is 9.59 Å². The van der Waals surface area contributed by atoms with Crippen LogP contribution in [0.1, 0.15) is 11.4 Å². The first-order chi connectivity index (χ1) is 13.0. The number of fused-ring (bicyclic) bond motifs is 1. The Balaban J connectivity index is 1.47. The Labute approximate surface area is 161 Å². The van der Waals surface area contributed by atoms with Crippen LogP contribution < -0.4 is 5.32 Å². The number of hydrogen-bond acceptors (Lipinski definition) is 6. The van der Waals surface area contributed by atoms with Crippen LogP contribution in [0.3, 0.4) is 0 Å². The Morgan fingerprint density at radius 1 is 1.00 bits per heavy atom. The Morgan fingerprint density at radius 3 is 2.44 bits per heavy atom. The fourth-order valence-electron chi connectivity index (χ4n) is 2.53. The van der Waals surface area contributed by atoms with E-state index in [0.29, 0.717) is 10.8 Å². The summed E-state index contributed by atoms with van der Waals surface area (Å²) in [7, 11) is 0. The van der Waals surface area contributed by atoms with Gasteiger partial charge in [-0.2, -0.15) is 0 Å². The average Bonchev–Trinajstić information content (AvgIpc) is 2.64. The first-order valence-electron chi connectivity index (χ1n) is 8.39. The molecule has 0 saturated heterocycles. The fourth-order valence-corrected chi connectivity index (χ4v) is 3.28. The molecular formula is C20H19N3O3S. The highest BCUT2D eigenvalue weighted by atomic mass is 32.2. The van der Waals surface area contributed by atoms with E-state index >= 15 is 0 Å². The number of nitrogens with one attached hydrogen (secondary N) is 1. The Morgan fingerprint density at radius 2 is 1.70 bits per heavy atom. The molecule has 0 bridgehead atoms. The van der Waals surface area contributed by atoms with Crippen LogP contribution in [0, 0.1) is 13.8 Å². The van der Waals surface area contributed by atoms with Crippen LogP contribution in [-0.4, -0.2) is 34.2 Å². The molecule has 1 amide bonds. The van der Waals surface area contributed by atoms with Crippen molar-refractivity contribution in [3.8, 4) is 0 Å². The van der Waals surface area contributed by atoms with Crippen LogP contribution in [0.2, 0.25) is 0 Å². The SMILES string of the molecule is Cc1cc(C)nc(SCC(=O)OCC(=O)Nc2ccc3ccccc3c2)n1. The van der Waals surface area contributed by atoms with Crippen LogP contribution in [0.15, 0.2) is 53.7 Å². The number of anilines is 1. The van der Waals surface area contributed by atoms with Gasteiger partial charge in [0, 0.05) is 17.1 Å². The minimum atomic E-state index is -0.489. The van der Waals surface area contributed by atoms with Gasteiger partial charge in [-0.05, 0) is 42.8 Å². The van der Waals surface area contributed by atoms with Crippen molar-refractivity contribution in [2.75, 3.05) is 17.7 Å². The van der Waals surface area contributed by atoms with Crippen LogP contribution in [0.25, 0.3) is 10.8 Å². The largest absolute Gasteiger partial charge is 0.455 e. The molecule has 0 spiro atoms. The molecule has 1 heterocycles. The smallest absolute Gasteiger partial charge is 0.316 e. The molecule has 6 nitrogen and oxygen atoms in total.